The molecule has 13 heteroatoms. The van der Waals surface area contributed by atoms with Gasteiger partial charge in [0.05, 0.1) is 48.8 Å². The van der Waals surface area contributed by atoms with E-state index in [1.807, 2.05) is 18.2 Å². The summed E-state index contributed by atoms with van der Waals surface area (Å²) in [6.07, 6.45) is 0. The van der Waals surface area contributed by atoms with Gasteiger partial charge >= 0.3 is 0 Å². The molecule has 9 nitrogen and oxygen atoms in total. The summed E-state index contributed by atoms with van der Waals surface area (Å²) in [5.41, 5.74) is 22.5. The number of nitrogens with two attached hydrogens (primary N) is 3. The fourth-order valence-electron chi connectivity index (χ4n) is 4.12. The molecular formula is C23H33Br2Cl2N7O2. The van der Waals surface area contributed by atoms with Crippen molar-refractivity contribution in [3.05, 3.63) is 45.4 Å². The van der Waals surface area contributed by atoms with E-state index in [1.54, 1.807) is 6.07 Å². The molecule has 0 atom stereocenters. The van der Waals surface area contributed by atoms with E-state index < -0.39 is 0 Å². The Labute approximate surface area is 242 Å². The van der Waals surface area contributed by atoms with Crippen LogP contribution in [0.5, 0.6) is 0 Å². The summed E-state index contributed by atoms with van der Waals surface area (Å²) in [5, 5.41) is 1.34. The van der Waals surface area contributed by atoms with Crippen molar-refractivity contribution in [2.45, 2.75) is 13.1 Å². The molecule has 0 bridgehead atoms. The first kappa shape index (κ1) is 30.9. The van der Waals surface area contributed by atoms with Crippen molar-refractivity contribution in [1.29, 1.82) is 0 Å². The number of benzene rings is 2. The SMILES string of the molecule is Br.Br.Nc1cc(Cl)cc(CN2CCOCC2)c1N.Nc1nc2c(CN3CCOCC3)cc(Cl)cc2[nH]1. The van der Waals surface area contributed by atoms with Crippen molar-refractivity contribution in [1.82, 2.24) is 19.8 Å². The molecule has 0 aliphatic carbocycles. The molecule has 36 heavy (non-hydrogen) atoms. The number of rotatable bonds is 4. The number of imidazole rings is 1. The number of halogens is 4. The Hall–Kier alpha value is -1.31. The summed E-state index contributed by atoms with van der Waals surface area (Å²) in [5.74, 6) is 0.426. The average molecular weight is 670 g/mol. The highest BCUT2D eigenvalue weighted by Gasteiger charge is 2.15. The maximum atomic E-state index is 6.12. The second-order valence-electron chi connectivity index (χ2n) is 8.43. The first-order valence-electron chi connectivity index (χ1n) is 11.3. The molecule has 7 N–H and O–H groups in total. The third-order valence-electron chi connectivity index (χ3n) is 5.91. The van der Waals surface area contributed by atoms with E-state index in [0.29, 0.717) is 27.4 Å². The van der Waals surface area contributed by atoms with Crippen molar-refractivity contribution in [3.63, 3.8) is 0 Å². The number of hydrogen-bond acceptors (Lipinski definition) is 8. The molecule has 0 spiro atoms. The van der Waals surface area contributed by atoms with E-state index in [1.165, 1.54) is 0 Å². The van der Waals surface area contributed by atoms with Gasteiger partial charge in [-0.2, -0.15) is 0 Å². The van der Waals surface area contributed by atoms with Gasteiger partial charge in [0, 0.05) is 49.3 Å². The Bertz CT molecular complexity index is 1120. The molecule has 2 fully saturated rings. The van der Waals surface area contributed by atoms with Crippen LogP contribution >= 0.6 is 57.2 Å². The first-order chi connectivity index (χ1) is 16.4. The van der Waals surface area contributed by atoms with Gasteiger partial charge in [-0.25, -0.2) is 4.98 Å². The zero-order valence-corrected chi connectivity index (χ0v) is 24.8. The van der Waals surface area contributed by atoms with Gasteiger partial charge < -0.3 is 31.7 Å². The standard InChI is InChI=1S/C12H15ClN4O.C11H16ClN3O.2BrH/c13-9-5-8(7-17-1-3-18-4-2-17)11-10(6-9)15-12(14)16-11;12-9-5-8(11(14)10(13)6-9)7-15-1-3-16-4-2-15;;/h5-6H,1-4,7H2,(H3,14,15,16);5-6H,1-4,7,13-14H2;2*1H. The van der Waals surface area contributed by atoms with Crippen LogP contribution in [0.2, 0.25) is 10.0 Å². The molecule has 3 aromatic rings. The second-order valence-corrected chi connectivity index (χ2v) is 9.30. The minimum absolute atomic E-state index is 0. The van der Waals surface area contributed by atoms with Crippen molar-refractivity contribution >= 4 is 85.5 Å². The Morgan fingerprint density at radius 3 is 1.86 bits per heavy atom. The molecule has 3 heterocycles. The van der Waals surface area contributed by atoms with Crippen LogP contribution in [0.1, 0.15) is 11.1 Å². The van der Waals surface area contributed by atoms with E-state index in [9.17, 15) is 0 Å². The summed E-state index contributed by atoms with van der Waals surface area (Å²) in [7, 11) is 0. The van der Waals surface area contributed by atoms with Gasteiger partial charge in [-0.1, -0.05) is 23.2 Å². The minimum atomic E-state index is 0. The lowest BCUT2D eigenvalue weighted by atomic mass is 10.1. The number of anilines is 3. The molecule has 2 aliphatic heterocycles. The Balaban J connectivity index is 0.000000242. The summed E-state index contributed by atoms with van der Waals surface area (Å²) in [6.45, 7) is 8.44. The van der Waals surface area contributed by atoms with Gasteiger partial charge in [-0.3, -0.25) is 9.80 Å². The molecule has 0 radical (unpaired) electrons. The fourth-order valence-corrected chi connectivity index (χ4v) is 4.61. The van der Waals surface area contributed by atoms with Crippen LogP contribution in [0.3, 0.4) is 0 Å². The van der Waals surface area contributed by atoms with E-state index >= 15 is 0 Å². The van der Waals surface area contributed by atoms with Crippen LogP contribution < -0.4 is 17.2 Å². The van der Waals surface area contributed by atoms with Gasteiger partial charge in [0.25, 0.3) is 0 Å². The smallest absolute Gasteiger partial charge is 0.198 e. The number of morpholine rings is 2. The lowest BCUT2D eigenvalue weighted by Gasteiger charge is -2.27. The second kappa shape index (κ2) is 14.6. The fraction of sp³-hybridized carbons (Fsp3) is 0.435. The third-order valence-corrected chi connectivity index (χ3v) is 6.34. The Morgan fingerprint density at radius 1 is 0.778 bits per heavy atom. The minimum Gasteiger partial charge on any atom is -0.397 e. The lowest BCUT2D eigenvalue weighted by molar-refractivity contribution is 0.0342. The molecule has 2 aliphatic rings. The number of fused-ring (bicyclic) bond motifs is 1. The van der Waals surface area contributed by atoms with Crippen molar-refractivity contribution in [2.75, 3.05) is 69.8 Å². The summed E-state index contributed by atoms with van der Waals surface area (Å²) in [4.78, 5) is 12.0. The summed E-state index contributed by atoms with van der Waals surface area (Å²) < 4.78 is 10.6. The molecule has 0 amide bonds. The van der Waals surface area contributed by atoms with E-state index in [-0.39, 0.29) is 34.0 Å². The number of aromatic amines is 1. The van der Waals surface area contributed by atoms with Gasteiger partial charge in [0.1, 0.15) is 0 Å². The van der Waals surface area contributed by atoms with Crippen LogP contribution in [-0.2, 0) is 22.6 Å². The predicted molar refractivity (Wildman–Crippen MR) is 159 cm³/mol. The zero-order chi connectivity index (χ0) is 24.1. The van der Waals surface area contributed by atoms with Crippen molar-refractivity contribution in [2.24, 2.45) is 0 Å². The number of nitrogens with zero attached hydrogens (tertiary/aromatic N) is 3. The molecule has 200 valence electrons. The monoisotopic (exact) mass is 667 g/mol. The highest BCUT2D eigenvalue weighted by Crippen LogP contribution is 2.27. The number of ether oxygens (including phenoxy) is 2. The number of aromatic nitrogens is 2. The maximum absolute atomic E-state index is 6.12. The van der Waals surface area contributed by atoms with E-state index in [4.69, 9.17) is 49.9 Å². The van der Waals surface area contributed by atoms with E-state index in [0.717, 1.165) is 87.9 Å². The molecule has 0 unspecified atom stereocenters. The number of hydrogen-bond donors (Lipinski definition) is 4. The third kappa shape index (κ3) is 8.35. The largest absolute Gasteiger partial charge is 0.397 e. The van der Waals surface area contributed by atoms with Crippen molar-refractivity contribution < 1.29 is 9.47 Å². The topological polar surface area (TPSA) is 132 Å². The van der Waals surface area contributed by atoms with E-state index in [2.05, 4.69) is 19.8 Å². The van der Waals surface area contributed by atoms with Crippen LogP contribution in [0, 0.1) is 0 Å². The number of nitrogens with one attached hydrogen (secondary N) is 1. The summed E-state index contributed by atoms with van der Waals surface area (Å²) in [6, 6.07) is 7.37. The molecule has 5 rings (SSSR count). The highest BCUT2D eigenvalue weighted by atomic mass is 79.9. The molecule has 2 aromatic carbocycles. The normalized spacial score (nSPS) is 16.5. The van der Waals surface area contributed by atoms with Gasteiger partial charge in [-0.05, 0) is 35.4 Å². The molecule has 0 saturated carbocycles. The molecule has 2 saturated heterocycles. The van der Waals surface area contributed by atoms with Crippen LogP contribution in [0.25, 0.3) is 11.0 Å². The van der Waals surface area contributed by atoms with Gasteiger partial charge in [-0.15, -0.1) is 34.0 Å². The quantitative estimate of drug-likeness (QED) is 0.305. The highest BCUT2D eigenvalue weighted by molar-refractivity contribution is 8.93. The molecular weight excluding hydrogens is 637 g/mol. The van der Waals surface area contributed by atoms with Crippen LogP contribution in [-0.4, -0.2) is 72.4 Å². The Morgan fingerprint density at radius 2 is 1.28 bits per heavy atom. The van der Waals surface area contributed by atoms with Gasteiger partial charge in [0.15, 0.2) is 5.95 Å². The van der Waals surface area contributed by atoms with Crippen LogP contribution in [0.15, 0.2) is 24.3 Å². The summed E-state index contributed by atoms with van der Waals surface area (Å²) >= 11 is 12.1. The van der Waals surface area contributed by atoms with Gasteiger partial charge in [0.2, 0.25) is 0 Å². The first-order valence-corrected chi connectivity index (χ1v) is 12.0. The lowest BCUT2D eigenvalue weighted by Crippen LogP contribution is -2.35. The number of nitrogen functional groups attached to an aromatic ring is 3. The average Bonchev–Trinajstić information content (AvgIpc) is 3.19. The number of H-pyrrole nitrogens is 1. The van der Waals surface area contributed by atoms with Crippen molar-refractivity contribution in [3.8, 4) is 0 Å². The Kier molecular flexibility index (Phi) is 12.5. The predicted octanol–water partition coefficient (Wildman–Crippen LogP) is 4.12. The molecule has 1 aromatic heterocycles. The van der Waals surface area contributed by atoms with Crippen LogP contribution in [0.4, 0.5) is 17.3 Å². The maximum Gasteiger partial charge on any atom is 0.198 e. The zero-order valence-electron chi connectivity index (χ0n) is 19.8.